The van der Waals surface area contributed by atoms with E-state index in [1.165, 1.54) is 25.7 Å². The van der Waals surface area contributed by atoms with E-state index in [1.807, 2.05) is 36.4 Å². The first-order valence-corrected chi connectivity index (χ1v) is 8.45. The van der Waals surface area contributed by atoms with Crippen molar-refractivity contribution < 1.29 is 9.47 Å². The highest BCUT2D eigenvalue weighted by Gasteiger charge is 2.03. The van der Waals surface area contributed by atoms with E-state index in [0.29, 0.717) is 0 Å². The van der Waals surface area contributed by atoms with Crippen molar-refractivity contribution in [2.75, 3.05) is 13.2 Å². The molecule has 0 N–H and O–H groups in total. The molecule has 0 heterocycles. The van der Waals surface area contributed by atoms with Crippen LogP contribution in [0.4, 0.5) is 0 Å². The highest BCUT2D eigenvalue weighted by molar-refractivity contribution is 5.39. The van der Waals surface area contributed by atoms with Gasteiger partial charge < -0.3 is 9.47 Å². The van der Waals surface area contributed by atoms with Crippen LogP contribution in [0, 0.1) is 0 Å². The summed E-state index contributed by atoms with van der Waals surface area (Å²) in [5.74, 6) is 1.72. The van der Waals surface area contributed by atoms with Gasteiger partial charge in [0.25, 0.3) is 0 Å². The number of hydrogen-bond acceptors (Lipinski definition) is 2. The van der Waals surface area contributed by atoms with Gasteiger partial charge in [-0.15, -0.1) is 13.2 Å². The lowest BCUT2D eigenvalue weighted by atomic mass is 10.2. The summed E-state index contributed by atoms with van der Waals surface area (Å²) in [5, 5.41) is 0. The van der Waals surface area contributed by atoms with E-state index in [4.69, 9.17) is 9.47 Å². The lowest BCUT2D eigenvalue weighted by Gasteiger charge is -2.12. The first kappa shape index (κ1) is 18.3. The number of allylic oxidation sites excluding steroid dienone is 2. The molecule has 0 amide bonds. The van der Waals surface area contributed by atoms with Gasteiger partial charge in [0.2, 0.25) is 0 Å². The third-order valence-electron chi connectivity index (χ3n) is 3.47. The fourth-order valence-corrected chi connectivity index (χ4v) is 2.19. The van der Waals surface area contributed by atoms with Crippen LogP contribution >= 0.6 is 0 Å². The Kier molecular flexibility index (Phi) is 10.8. The molecule has 1 aromatic carbocycles. The third kappa shape index (κ3) is 8.56. The predicted octanol–water partition coefficient (Wildman–Crippen LogP) is 5.94. The van der Waals surface area contributed by atoms with E-state index in [9.17, 15) is 0 Å². The summed E-state index contributed by atoms with van der Waals surface area (Å²) in [6.45, 7) is 8.97. The Morgan fingerprint density at radius 2 is 1.14 bits per heavy atom. The molecule has 0 saturated heterocycles. The van der Waals surface area contributed by atoms with E-state index in [0.717, 1.165) is 50.4 Å². The smallest absolute Gasteiger partial charge is 0.161 e. The second-order valence-electron chi connectivity index (χ2n) is 5.42. The van der Waals surface area contributed by atoms with Gasteiger partial charge >= 0.3 is 0 Å². The van der Waals surface area contributed by atoms with Crippen molar-refractivity contribution in [2.45, 2.75) is 51.4 Å². The summed E-state index contributed by atoms with van der Waals surface area (Å²) in [6, 6.07) is 7.95. The minimum absolute atomic E-state index is 0.747. The predicted molar refractivity (Wildman–Crippen MR) is 94.8 cm³/mol. The van der Waals surface area contributed by atoms with Gasteiger partial charge in [-0.3, -0.25) is 0 Å². The summed E-state index contributed by atoms with van der Waals surface area (Å²) < 4.78 is 11.7. The van der Waals surface area contributed by atoms with Crippen LogP contribution in [0.3, 0.4) is 0 Å². The zero-order chi connectivity index (χ0) is 15.9. The molecule has 0 spiro atoms. The monoisotopic (exact) mass is 302 g/mol. The van der Waals surface area contributed by atoms with Gasteiger partial charge in [-0.1, -0.05) is 24.3 Å². The minimum atomic E-state index is 0.747. The molecule has 1 rings (SSSR count). The molecule has 22 heavy (non-hydrogen) atoms. The lowest BCUT2D eigenvalue weighted by molar-refractivity contribution is 0.259. The topological polar surface area (TPSA) is 18.5 Å². The Morgan fingerprint density at radius 1 is 0.682 bits per heavy atom. The molecule has 0 saturated carbocycles. The molecule has 0 fully saturated rings. The zero-order valence-electron chi connectivity index (χ0n) is 13.8. The summed E-state index contributed by atoms with van der Waals surface area (Å²) in [7, 11) is 0. The van der Waals surface area contributed by atoms with Crippen molar-refractivity contribution in [3.05, 3.63) is 49.6 Å². The molecule has 122 valence electrons. The Bertz CT molecular complexity index is 373. The van der Waals surface area contributed by atoms with Crippen LogP contribution < -0.4 is 9.47 Å². The Labute approximate surface area is 135 Å². The van der Waals surface area contributed by atoms with E-state index in [-0.39, 0.29) is 0 Å². The molecular formula is C20H30O2. The van der Waals surface area contributed by atoms with Crippen LogP contribution in [-0.4, -0.2) is 13.2 Å². The molecule has 0 bridgehead atoms. The zero-order valence-corrected chi connectivity index (χ0v) is 13.8. The standard InChI is InChI=1S/C20H30O2/c1-3-5-7-9-13-17-21-19-15-11-12-16-20(19)22-18-14-10-8-6-4-2/h3-4,11-12,15-16H,1-2,5-10,13-14,17-18H2. The number of ether oxygens (including phenoxy) is 2. The largest absolute Gasteiger partial charge is 0.490 e. The minimum Gasteiger partial charge on any atom is -0.490 e. The molecular weight excluding hydrogens is 272 g/mol. The molecule has 0 radical (unpaired) electrons. The third-order valence-corrected chi connectivity index (χ3v) is 3.47. The van der Waals surface area contributed by atoms with Crippen LogP contribution in [0.5, 0.6) is 11.5 Å². The van der Waals surface area contributed by atoms with Crippen molar-refractivity contribution >= 4 is 0 Å². The summed E-state index contributed by atoms with van der Waals surface area (Å²) in [4.78, 5) is 0. The Morgan fingerprint density at radius 3 is 1.55 bits per heavy atom. The maximum Gasteiger partial charge on any atom is 0.161 e. The van der Waals surface area contributed by atoms with Gasteiger partial charge in [0.05, 0.1) is 13.2 Å². The lowest BCUT2D eigenvalue weighted by Crippen LogP contribution is -2.02. The maximum absolute atomic E-state index is 5.85. The van der Waals surface area contributed by atoms with Gasteiger partial charge in [0.1, 0.15) is 0 Å². The van der Waals surface area contributed by atoms with Gasteiger partial charge in [-0.25, -0.2) is 0 Å². The van der Waals surface area contributed by atoms with E-state index < -0.39 is 0 Å². The van der Waals surface area contributed by atoms with Crippen molar-refractivity contribution in [1.82, 2.24) is 0 Å². The van der Waals surface area contributed by atoms with Crippen LogP contribution in [0.25, 0.3) is 0 Å². The van der Waals surface area contributed by atoms with Crippen LogP contribution in [-0.2, 0) is 0 Å². The molecule has 2 nitrogen and oxygen atoms in total. The van der Waals surface area contributed by atoms with Crippen molar-refractivity contribution in [3.8, 4) is 11.5 Å². The fraction of sp³-hybridized carbons (Fsp3) is 0.500. The molecule has 0 aliphatic carbocycles. The molecule has 0 aliphatic rings. The van der Waals surface area contributed by atoms with E-state index in [2.05, 4.69) is 13.2 Å². The number of hydrogen-bond donors (Lipinski definition) is 0. The number of unbranched alkanes of at least 4 members (excludes halogenated alkanes) is 6. The Balaban J connectivity index is 2.23. The van der Waals surface area contributed by atoms with Crippen LogP contribution in [0.1, 0.15) is 51.4 Å². The van der Waals surface area contributed by atoms with Gasteiger partial charge in [0.15, 0.2) is 11.5 Å². The number of para-hydroxylation sites is 2. The van der Waals surface area contributed by atoms with Gasteiger partial charge in [-0.05, 0) is 63.5 Å². The average molecular weight is 302 g/mol. The number of rotatable bonds is 14. The van der Waals surface area contributed by atoms with E-state index in [1.54, 1.807) is 0 Å². The SMILES string of the molecule is C=CCCCCCOc1ccccc1OCCCCCC=C. The molecule has 0 aromatic heterocycles. The normalized spacial score (nSPS) is 10.2. The highest BCUT2D eigenvalue weighted by atomic mass is 16.5. The fourth-order valence-electron chi connectivity index (χ4n) is 2.19. The molecule has 2 heteroatoms. The first-order valence-electron chi connectivity index (χ1n) is 8.45. The van der Waals surface area contributed by atoms with Crippen LogP contribution in [0.15, 0.2) is 49.6 Å². The average Bonchev–Trinajstić information content (AvgIpc) is 2.55. The van der Waals surface area contributed by atoms with Gasteiger partial charge in [0, 0.05) is 0 Å². The highest BCUT2D eigenvalue weighted by Crippen LogP contribution is 2.27. The maximum atomic E-state index is 5.85. The summed E-state index contributed by atoms with van der Waals surface area (Å²) >= 11 is 0. The molecule has 1 aromatic rings. The molecule has 0 atom stereocenters. The number of benzene rings is 1. The second-order valence-corrected chi connectivity index (χ2v) is 5.42. The van der Waals surface area contributed by atoms with E-state index >= 15 is 0 Å². The second kappa shape index (κ2) is 13.0. The summed E-state index contributed by atoms with van der Waals surface area (Å²) in [6.07, 6.45) is 13.0. The van der Waals surface area contributed by atoms with Gasteiger partial charge in [-0.2, -0.15) is 0 Å². The molecule has 0 unspecified atom stereocenters. The van der Waals surface area contributed by atoms with Crippen molar-refractivity contribution in [3.63, 3.8) is 0 Å². The van der Waals surface area contributed by atoms with Crippen molar-refractivity contribution in [2.24, 2.45) is 0 Å². The van der Waals surface area contributed by atoms with Crippen molar-refractivity contribution in [1.29, 1.82) is 0 Å². The molecule has 0 aliphatic heterocycles. The Hall–Kier alpha value is -1.70. The summed E-state index contributed by atoms with van der Waals surface area (Å²) in [5.41, 5.74) is 0. The quantitative estimate of drug-likeness (QED) is 0.313. The first-order chi connectivity index (χ1) is 10.9. The van der Waals surface area contributed by atoms with Crippen LogP contribution in [0.2, 0.25) is 0 Å².